The van der Waals surface area contributed by atoms with Crippen molar-refractivity contribution in [2.24, 2.45) is 0 Å². The number of imidazole rings is 1. The number of rotatable bonds is 8. The third-order valence-corrected chi connectivity index (χ3v) is 6.07. The Morgan fingerprint density at radius 1 is 1.15 bits per heavy atom. The summed E-state index contributed by atoms with van der Waals surface area (Å²) in [7, 11) is 0. The Balaban J connectivity index is 1.70. The fourth-order valence-corrected chi connectivity index (χ4v) is 4.51. The zero-order valence-corrected chi connectivity index (χ0v) is 20.6. The molecular formula is C26H26BrN3O4. The van der Waals surface area contributed by atoms with Crippen molar-refractivity contribution in [3.8, 4) is 5.75 Å². The monoisotopic (exact) mass is 523 g/mol. The number of likely N-dealkylation sites (tertiary alicyclic amines) is 1. The van der Waals surface area contributed by atoms with Crippen LogP contribution in [-0.4, -0.2) is 43.9 Å². The van der Waals surface area contributed by atoms with E-state index in [2.05, 4.69) is 20.9 Å². The molecular weight excluding hydrogens is 498 g/mol. The van der Waals surface area contributed by atoms with Crippen LogP contribution >= 0.6 is 15.9 Å². The molecule has 0 aliphatic carbocycles. The van der Waals surface area contributed by atoms with Gasteiger partial charge in [-0.3, -0.25) is 9.59 Å². The van der Waals surface area contributed by atoms with Crippen molar-refractivity contribution in [1.29, 1.82) is 0 Å². The van der Waals surface area contributed by atoms with Gasteiger partial charge in [-0.1, -0.05) is 28.1 Å². The normalized spacial score (nSPS) is 17.5. The number of hydrogen-bond acceptors (Lipinski definition) is 5. The van der Waals surface area contributed by atoms with Crippen LogP contribution in [0.3, 0.4) is 0 Å². The van der Waals surface area contributed by atoms with E-state index in [0.717, 1.165) is 10.0 Å². The van der Waals surface area contributed by atoms with Crippen LogP contribution in [0.4, 0.5) is 0 Å². The zero-order valence-electron chi connectivity index (χ0n) is 19.0. The molecule has 1 atom stereocenters. The number of amides is 1. The van der Waals surface area contributed by atoms with Gasteiger partial charge in [0.1, 0.15) is 11.5 Å². The van der Waals surface area contributed by atoms with Gasteiger partial charge < -0.3 is 19.3 Å². The van der Waals surface area contributed by atoms with Gasteiger partial charge in [-0.2, -0.15) is 0 Å². The van der Waals surface area contributed by atoms with E-state index in [1.807, 2.05) is 48.9 Å². The van der Waals surface area contributed by atoms with E-state index >= 15 is 0 Å². The van der Waals surface area contributed by atoms with Gasteiger partial charge >= 0.3 is 0 Å². The highest BCUT2D eigenvalue weighted by molar-refractivity contribution is 9.10. The number of carbonyl (C=O) groups excluding carboxylic acids is 2. The largest absolute Gasteiger partial charge is 0.507 e. The van der Waals surface area contributed by atoms with Gasteiger partial charge in [0.25, 0.3) is 11.7 Å². The van der Waals surface area contributed by atoms with Crippen LogP contribution in [0.25, 0.3) is 5.76 Å². The SMILES string of the molecule is CC(C)Oc1ccc(/C(O)=C2/C(=O)C(=O)N(CCCn3ccnc3)C2c2cccc(Br)c2)cc1. The summed E-state index contributed by atoms with van der Waals surface area (Å²) < 4.78 is 8.41. The Bertz CT molecular complexity index is 1200. The molecule has 2 heterocycles. The standard InChI is InChI=1S/C26H26BrN3O4/c1-17(2)34-21-9-7-18(8-10-21)24(31)22-23(19-5-3-6-20(27)15-19)30(26(33)25(22)32)13-4-12-29-14-11-28-16-29/h3,5-11,14-17,23,31H,4,12-13H2,1-2H3/b24-22-. The number of aliphatic hydroxyl groups is 1. The molecule has 0 radical (unpaired) electrons. The maximum atomic E-state index is 13.1. The Labute approximate surface area is 206 Å². The second-order valence-electron chi connectivity index (χ2n) is 8.39. The molecule has 34 heavy (non-hydrogen) atoms. The number of hydrogen-bond donors (Lipinski definition) is 1. The van der Waals surface area contributed by atoms with E-state index in [1.165, 1.54) is 0 Å². The van der Waals surface area contributed by atoms with Crippen molar-refractivity contribution in [2.45, 2.75) is 39.0 Å². The van der Waals surface area contributed by atoms with Crippen LogP contribution in [0.1, 0.15) is 37.4 Å². The summed E-state index contributed by atoms with van der Waals surface area (Å²) in [5.41, 5.74) is 1.29. The number of ketones is 1. The summed E-state index contributed by atoms with van der Waals surface area (Å²) in [4.78, 5) is 31.8. The molecule has 1 amide bonds. The highest BCUT2D eigenvalue weighted by atomic mass is 79.9. The lowest BCUT2D eigenvalue weighted by atomic mass is 9.95. The molecule has 176 valence electrons. The van der Waals surface area contributed by atoms with E-state index in [4.69, 9.17) is 4.74 Å². The summed E-state index contributed by atoms with van der Waals surface area (Å²) in [5, 5.41) is 11.2. The first kappa shape index (κ1) is 23.8. The van der Waals surface area contributed by atoms with Gasteiger partial charge in [-0.15, -0.1) is 0 Å². The Kier molecular flexibility index (Phi) is 7.17. The lowest BCUT2D eigenvalue weighted by molar-refractivity contribution is -0.139. The predicted octanol–water partition coefficient (Wildman–Crippen LogP) is 4.94. The van der Waals surface area contributed by atoms with Crippen LogP contribution in [0, 0.1) is 0 Å². The lowest BCUT2D eigenvalue weighted by Crippen LogP contribution is -2.31. The van der Waals surface area contributed by atoms with Gasteiger partial charge in [-0.05, 0) is 62.2 Å². The number of ether oxygens (including phenoxy) is 1. The average Bonchev–Trinajstić information content (AvgIpc) is 3.41. The minimum absolute atomic E-state index is 0.0172. The summed E-state index contributed by atoms with van der Waals surface area (Å²) in [6.07, 6.45) is 5.92. The number of carbonyl (C=O) groups is 2. The number of benzene rings is 2. The number of aliphatic hydroxyl groups excluding tert-OH is 1. The molecule has 1 unspecified atom stereocenters. The summed E-state index contributed by atoms with van der Waals surface area (Å²) in [5.74, 6) is -0.837. The Morgan fingerprint density at radius 3 is 2.56 bits per heavy atom. The highest BCUT2D eigenvalue weighted by Crippen LogP contribution is 2.40. The number of aryl methyl sites for hydroxylation is 1. The third-order valence-electron chi connectivity index (χ3n) is 5.58. The molecule has 0 spiro atoms. The zero-order chi connectivity index (χ0) is 24.2. The van der Waals surface area contributed by atoms with Crippen molar-refractivity contribution < 1.29 is 19.4 Å². The molecule has 2 aromatic carbocycles. The molecule has 0 bridgehead atoms. The van der Waals surface area contributed by atoms with Gasteiger partial charge in [0, 0.05) is 35.5 Å². The van der Waals surface area contributed by atoms with Crippen molar-refractivity contribution in [2.75, 3.05) is 6.54 Å². The topological polar surface area (TPSA) is 84.7 Å². The van der Waals surface area contributed by atoms with E-state index in [0.29, 0.717) is 30.8 Å². The molecule has 1 aromatic heterocycles. The van der Waals surface area contributed by atoms with Gasteiger partial charge in [-0.25, -0.2) is 4.98 Å². The summed E-state index contributed by atoms with van der Waals surface area (Å²) in [6.45, 7) is 4.88. The summed E-state index contributed by atoms with van der Waals surface area (Å²) >= 11 is 3.48. The molecule has 4 rings (SSSR count). The van der Waals surface area contributed by atoms with Crippen molar-refractivity contribution >= 4 is 33.4 Å². The lowest BCUT2D eigenvalue weighted by Gasteiger charge is -2.25. The summed E-state index contributed by atoms with van der Waals surface area (Å²) in [6, 6.07) is 13.6. The predicted molar refractivity (Wildman–Crippen MR) is 132 cm³/mol. The molecule has 3 aromatic rings. The maximum Gasteiger partial charge on any atom is 0.295 e. The smallest absolute Gasteiger partial charge is 0.295 e. The van der Waals surface area contributed by atoms with Crippen LogP contribution in [0.5, 0.6) is 5.75 Å². The number of Topliss-reactive ketones (excluding diaryl/α,β-unsaturated/α-hetero) is 1. The number of nitrogens with zero attached hydrogens (tertiary/aromatic N) is 3. The molecule has 7 nitrogen and oxygen atoms in total. The number of aromatic nitrogens is 2. The average molecular weight is 524 g/mol. The van der Waals surface area contributed by atoms with Gasteiger partial charge in [0.2, 0.25) is 0 Å². The molecule has 1 fully saturated rings. The van der Waals surface area contributed by atoms with E-state index in [-0.39, 0.29) is 17.4 Å². The Morgan fingerprint density at radius 2 is 1.91 bits per heavy atom. The van der Waals surface area contributed by atoms with Crippen molar-refractivity contribution in [3.05, 3.63) is 88.4 Å². The van der Waals surface area contributed by atoms with Crippen LogP contribution < -0.4 is 4.74 Å². The first-order valence-electron chi connectivity index (χ1n) is 11.1. The first-order valence-corrected chi connectivity index (χ1v) is 11.9. The fraction of sp³-hybridized carbons (Fsp3) is 0.269. The minimum atomic E-state index is -0.688. The van der Waals surface area contributed by atoms with Crippen molar-refractivity contribution in [3.63, 3.8) is 0 Å². The number of halogens is 1. The van der Waals surface area contributed by atoms with Crippen molar-refractivity contribution in [1.82, 2.24) is 14.5 Å². The molecule has 1 N–H and O–H groups in total. The molecule has 1 saturated heterocycles. The van der Waals surface area contributed by atoms with Crippen LogP contribution in [-0.2, 0) is 16.1 Å². The van der Waals surface area contributed by atoms with E-state index in [9.17, 15) is 14.7 Å². The van der Waals surface area contributed by atoms with Crippen LogP contribution in [0.15, 0.2) is 77.3 Å². The highest BCUT2D eigenvalue weighted by Gasteiger charge is 2.45. The molecule has 1 aliphatic heterocycles. The van der Waals surface area contributed by atoms with Crippen LogP contribution in [0.2, 0.25) is 0 Å². The first-order chi connectivity index (χ1) is 16.3. The Hall–Kier alpha value is -3.39. The molecule has 1 aliphatic rings. The second-order valence-corrected chi connectivity index (χ2v) is 9.31. The van der Waals surface area contributed by atoms with Gasteiger partial charge in [0.15, 0.2) is 0 Å². The minimum Gasteiger partial charge on any atom is -0.507 e. The fourth-order valence-electron chi connectivity index (χ4n) is 4.10. The van der Waals surface area contributed by atoms with E-state index in [1.54, 1.807) is 41.7 Å². The molecule has 0 saturated carbocycles. The van der Waals surface area contributed by atoms with Gasteiger partial charge in [0.05, 0.1) is 24.0 Å². The molecule has 8 heteroatoms. The second kappa shape index (κ2) is 10.3. The third kappa shape index (κ3) is 5.07. The quantitative estimate of drug-likeness (QED) is 0.256. The van der Waals surface area contributed by atoms with E-state index < -0.39 is 17.7 Å². The maximum absolute atomic E-state index is 13.1.